The van der Waals surface area contributed by atoms with E-state index in [0.717, 1.165) is 51.6 Å². The fourth-order valence-corrected chi connectivity index (χ4v) is 8.26. The molecule has 4 heterocycles. The standard InChI is InChI=1S/C26H38ClN3O6S/c1-20-4-2-5-23(30(20)37(32,33)24-9-7-21(27)8-10-24)19-34-25(31)29-13-3-6-22(18-29)28-14-11-26(12-15-28)35-16-17-36-26/h7-10,20,22-23H,2-6,11-19H2,1H3/t20-,22?,23-/m1/s1. The highest BCUT2D eigenvalue weighted by Gasteiger charge is 2.42. The molecular formula is C26H38ClN3O6S. The minimum atomic E-state index is -3.74. The van der Waals surface area contributed by atoms with Crippen LogP contribution in [0, 0.1) is 0 Å². The molecule has 9 nitrogen and oxygen atoms in total. The van der Waals surface area contributed by atoms with E-state index in [1.807, 2.05) is 6.92 Å². The molecule has 206 valence electrons. The van der Waals surface area contributed by atoms with Crippen molar-refractivity contribution in [2.45, 2.75) is 80.7 Å². The zero-order valence-electron chi connectivity index (χ0n) is 21.5. The minimum Gasteiger partial charge on any atom is -0.448 e. The van der Waals surface area contributed by atoms with E-state index in [9.17, 15) is 13.2 Å². The third kappa shape index (κ3) is 5.94. The maximum atomic E-state index is 13.5. The van der Waals surface area contributed by atoms with Crippen LogP contribution in [0.2, 0.25) is 5.02 Å². The number of sulfonamides is 1. The molecule has 0 saturated carbocycles. The highest BCUT2D eigenvalue weighted by atomic mass is 35.5. The van der Waals surface area contributed by atoms with Crippen LogP contribution in [0.5, 0.6) is 0 Å². The van der Waals surface area contributed by atoms with Crippen LogP contribution in [0.3, 0.4) is 0 Å². The van der Waals surface area contributed by atoms with Crippen molar-refractivity contribution >= 4 is 27.7 Å². The Kier molecular flexibility index (Phi) is 8.33. The highest BCUT2D eigenvalue weighted by Crippen LogP contribution is 2.34. The van der Waals surface area contributed by atoms with Crippen molar-refractivity contribution in [3.05, 3.63) is 29.3 Å². The van der Waals surface area contributed by atoms with Gasteiger partial charge in [0.15, 0.2) is 5.79 Å². The number of carbonyl (C=O) groups excluding carboxylic acids is 1. The van der Waals surface area contributed by atoms with Gasteiger partial charge >= 0.3 is 6.09 Å². The Morgan fingerprint density at radius 1 is 1.05 bits per heavy atom. The van der Waals surface area contributed by atoms with E-state index in [0.29, 0.717) is 37.7 Å². The summed E-state index contributed by atoms with van der Waals surface area (Å²) >= 11 is 5.97. The number of hydrogen-bond donors (Lipinski definition) is 0. The second-order valence-corrected chi connectivity index (χ2v) is 13.0. The van der Waals surface area contributed by atoms with Crippen molar-refractivity contribution in [1.29, 1.82) is 0 Å². The lowest BCUT2D eigenvalue weighted by molar-refractivity contribution is -0.188. The number of benzene rings is 1. The number of carbonyl (C=O) groups is 1. The number of ether oxygens (including phenoxy) is 3. The molecule has 4 aliphatic rings. The Balaban J connectivity index is 1.18. The largest absolute Gasteiger partial charge is 0.448 e. The molecule has 4 aliphatic heterocycles. The van der Waals surface area contributed by atoms with Gasteiger partial charge in [-0.3, -0.25) is 4.90 Å². The van der Waals surface area contributed by atoms with E-state index in [4.69, 9.17) is 25.8 Å². The Labute approximate surface area is 225 Å². The SMILES string of the molecule is C[C@@H]1CCC[C@H](COC(=O)N2CCCC(N3CCC4(CC3)OCCO4)C2)N1S(=O)(=O)c1ccc(Cl)cc1. The molecular weight excluding hydrogens is 518 g/mol. The first-order chi connectivity index (χ1) is 17.8. The summed E-state index contributed by atoms with van der Waals surface area (Å²) in [4.78, 5) is 17.5. The molecule has 0 N–H and O–H groups in total. The summed E-state index contributed by atoms with van der Waals surface area (Å²) in [6, 6.07) is 5.96. The Hall–Kier alpha value is -1.43. The van der Waals surface area contributed by atoms with Crippen LogP contribution in [0.25, 0.3) is 0 Å². The van der Waals surface area contributed by atoms with Crippen molar-refractivity contribution in [1.82, 2.24) is 14.1 Å². The van der Waals surface area contributed by atoms with Crippen molar-refractivity contribution in [2.24, 2.45) is 0 Å². The van der Waals surface area contributed by atoms with Crippen LogP contribution in [-0.4, -0.2) is 98.5 Å². The molecule has 37 heavy (non-hydrogen) atoms. The number of nitrogens with zero attached hydrogens (tertiary/aromatic N) is 3. The van der Waals surface area contributed by atoms with Crippen LogP contribution in [0.4, 0.5) is 4.79 Å². The van der Waals surface area contributed by atoms with Gasteiger partial charge in [-0.05, 0) is 56.9 Å². The molecule has 5 rings (SSSR count). The first-order valence-corrected chi connectivity index (χ1v) is 15.3. The van der Waals surface area contributed by atoms with Crippen LogP contribution < -0.4 is 0 Å². The maximum absolute atomic E-state index is 13.5. The monoisotopic (exact) mass is 555 g/mol. The third-order valence-corrected chi connectivity index (χ3v) is 10.6. The van der Waals surface area contributed by atoms with Crippen LogP contribution in [0.1, 0.15) is 51.9 Å². The quantitative estimate of drug-likeness (QED) is 0.547. The first kappa shape index (κ1) is 27.1. The Bertz CT molecular complexity index is 1040. The normalized spacial score (nSPS) is 29.5. The fraction of sp³-hybridized carbons (Fsp3) is 0.731. The molecule has 11 heteroatoms. The van der Waals surface area contributed by atoms with Crippen molar-refractivity contribution in [3.8, 4) is 0 Å². The van der Waals surface area contributed by atoms with Gasteiger partial charge < -0.3 is 19.1 Å². The lowest BCUT2D eigenvalue weighted by atomic mass is 9.98. The van der Waals surface area contributed by atoms with Gasteiger partial charge in [-0.15, -0.1) is 0 Å². The smallest absolute Gasteiger partial charge is 0.409 e. The number of amides is 1. The summed E-state index contributed by atoms with van der Waals surface area (Å²) in [5.74, 6) is -0.404. The molecule has 0 radical (unpaired) electrons. The maximum Gasteiger partial charge on any atom is 0.409 e. The van der Waals surface area contributed by atoms with Crippen molar-refractivity contribution in [2.75, 3.05) is 46.0 Å². The predicted octanol–water partition coefficient (Wildman–Crippen LogP) is 3.71. The van der Waals surface area contributed by atoms with E-state index in [2.05, 4.69) is 4.90 Å². The van der Waals surface area contributed by atoms with Gasteiger partial charge in [0.25, 0.3) is 0 Å². The average molecular weight is 556 g/mol. The van der Waals surface area contributed by atoms with Crippen LogP contribution in [-0.2, 0) is 24.2 Å². The summed E-state index contributed by atoms with van der Waals surface area (Å²) in [5.41, 5.74) is 0. The van der Waals surface area contributed by atoms with Gasteiger partial charge in [-0.2, -0.15) is 4.31 Å². The number of piperidine rings is 3. The lowest BCUT2D eigenvalue weighted by Crippen LogP contribution is -2.55. The summed E-state index contributed by atoms with van der Waals surface area (Å²) in [6.07, 6.45) is 5.65. The molecule has 0 bridgehead atoms. The number of likely N-dealkylation sites (tertiary alicyclic amines) is 2. The van der Waals surface area contributed by atoms with Gasteiger partial charge in [0, 0.05) is 56.1 Å². The molecule has 4 fully saturated rings. The molecule has 0 aliphatic carbocycles. The van der Waals surface area contributed by atoms with Crippen LogP contribution in [0.15, 0.2) is 29.2 Å². The molecule has 0 aromatic heterocycles. The predicted molar refractivity (Wildman–Crippen MR) is 139 cm³/mol. The molecule has 1 unspecified atom stereocenters. The van der Waals surface area contributed by atoms with Gasteiger partial charge in [0.1, 0.15) is 6.61 Å². The summed E-state index contributed by atoms with van der Waals surface area (Å²) in [5, 5.41) is 0.486. The highest BCUT2D eigenvalue weighted by molar-refractivity contribution is 7.89. The Morgan fingerprint density at radius 3 is 2.46 bits per heavy atom. The number of hydrogen-bond acceptors (Lipinski definition) is 7. The molecule has 1 amide bonds. The van der Waals surface area contributed by atoms with E-state index >= 15 is 0 Å². The van der Waals surface area contributed by atoms with E-state index < -0.39 is 21.9 Å². The zero-order chi connectivity index (χ0) is 26.0. The minimum absolute atomic E-state index is 0.0536. The Morgan fingerprint density at radius 2 is 1.76 bits per heavy atom. The van der Waals surface area contributed by atoms with Gasteiger partial charge in [-0.1, -0.05) is 18.0 Å². The summed E-state index contributed by atoms with van der Waals surface area (Å²) < 4.78 is 46.0. The van der Waals surface area contributed by atoms with Gasteiger partial charge in [0.05, 0.1) is 24.2 Å². The fourth-order valence-electron chi connectivity index (χ4n) is 6.27. The van der Waals surface area contributed by atoms with Crippen molar-refractivity contribution < 1.29 is 27.4 Å². The molecule has 1 aromatic carbocycles. The van der Waals surface area contributed by atoms with E-state index in [-0.39, 0.29) is 29.7 Å². The summed E-state index contributed by atoms with van der Waals surface area (Å²) in [7, 11) is -3.74. The topological polar surface area (TPSA) is 88.6 Å². The number of halogens is 1. The van der Waals surface area contributed by atoms with Gasteiger partial charge in [-0.25, -0.2) is 13.2 Å². The lowest BCUT2D eigenvalue weighted by Gasteiger charge is -2.44. The summed E-state index contributed by atoms with van der Waals surface area (Å²) in [6.45, 7) is 6.38. The molecule has 1 spiro atoms. The molecule has 3 atom stereocenters. The molecule has 1 aromatic rings. The van der Waals surface area contributed by atoms with Crippen LogP contribution >= 0.6 is 11.6 Å². The number of rotatable bonds is 5. The van der Waals surface area contributed by atoms with Gasteiger partial charge in [0.2, 0.25) is 10.0 Å². The zero-order valence-corrected chi connectivity index (χ0v) is 23.1. The average Bonchev–Trinajstić information content (AvgIpc) is 3.35. The van der Waals surface area contributed by atoms with E-state index in [1.54, 1.807) is 17.0 Å². The first-order valence-electron chi connectivity index (χ1n) is 13.5. The molecule has 4 saturated heterocycles. The third-order valence-electron chi connectivity index (χ3n) is 8.29. The van der Waals surface area contributed by atoms with E-state index in [1.165, 1.54) is 16.4 Å². The van der Waals surface area contributed by atoms with Crippen molar-refractivity contribution in [3.63, 3.8) is 0 Å². The second kappa shape index (κ2) is 11.4. The second-order valence-electron chi connectivity index (χ2n) is 10.7.